The Balaban J connectivity index is 1.60. The van der Waals surface area contributed by atoms with Crippen molar-refractivity contribution in [2.75, 3.05) is 19.6 Å². The van der Waals surface area contributed by atoms with Crippen molar-refractivity contribution in [3.05, 3.63) is 59.3 Å². The number of fused-ring (bicyclic) bond motifs is 1. The van der Waals surface area contributed by atoms with E-state index in [0.29, 0.717) is 24.3 Å². The Morgan fingerprint density at radius 3 is 2.88 bits per heavy atom. The summed E-state index contributed by atoms with van der Waals surface area (Å²) in [7, 11) is 0. The Morgan fingerprint density at radius 2 is 2.08 bits per heavy atom. The number of piperidine rings is 1. The third-order valence-electron chi connectivity index (χ3n) is 5.78. The lowest BCUT2D eigenvalue weighted by Crippen LogP contribution is -2.44. The highest BCUT2D eigenvalue weighted by Crippen LogP contribution is 2.37. The zero-order chi connectivity index (χ0) is 17.9. The Hall–Kier alpha value is -2.32. The molecule has 0 aromatic carbocycles. The summed E-state index contributed by atoms with van der Waals surface area (Å²) in [6.07, 6.45) is 15.0. The van der Waals surface area contributed by atoms with Crippen molar-refractivity contribution in [3.8, 4) is 6.07 Å². The first-order valence-corrected chi connectivity index (χ1v) is 9.53. The molecule has 3 unspecified atom stereocenters. The molecule has 4 rings (SSSR count). The van der Waals surface area contributed by atoms with Crippen LogP contribution in [0.4, 0.5) is 4.39 Å². The Morgan fingerprint density at radius 1 is 1.23 bits per heavy atom. The van der Waals surface area contributed by atoms with Crippen LogP contribution in [-0.2, 0) is 0 Å². The molecule has 0 radical (unpaired) electrons. The third kappa shape index (κ3) is 3.47. The van der Waals surface area contributed by atoms with E-state index in [0.717, 1.165) is 32.5 Å². The van der Waals surface area contributed by atoms with Gasteiger partial charge in [0.25, 0.3) is 0 Å². The molecular formula is C21H25FN4. The number of nitrogens with one attached hydrogen (secondary N) is 3. The van der Waals surface area contributed by atoms with Crippen molar-refractivity contribution in [2.45, 2.75) is 25.3 Å². The molecule has 2 aliphatic heterocycles. The lowest BCUT2D eigenvalue weighted by Gasteiger charge is -2.37. The second-order valence-corrected chi connectivity index (χ2v) is 7.47. The monoisotopic (exact) mass is 352 g/mol. The van der Waals surface area contributed by atoms with Crippen LogP contribution < -0.4 is 16.0 Å². The zero-order valence-corrected chi connectivity index (χ0v) is 14.8. The lowest BCUT2D eigenvalue weighted by molar-refractivity contribution is 0.369. The van der Waals surface area contributed by atoms with Crippen molar-refractivity contribution >= 4 is 0 Å². The van der Waals surface area contributed by atoms with Gasteiger partial charge in [-0.05, 0) is 56.3 Å². The molecule has 5 heteroatoms. The second-order valence-electron chi connectivity index (χ2n) is 7.47. The van der Waals surface area contributed by atoms with Gasteiger partial charge in [-0.2, -0.15) is 5.26 Å². The molecule has 26 heavy (non-hydrogen) atoms. The highest BCUT2D eigenvalue weighted by Gasteiger charge is 2.31. The number of hydrogen-bond acceptors (Lipinski definition) is 4. The van der Waals surface area contributed by atoms with Crippen LogP contribution in [0.5, 0.6) is 0 Å². The van der Waals surface area contributed by atoms with Crippen molar-refractivity contribution in [1.29, 1.82) is 5.26 Å². The summed E-state index contributed by atoms with van der Waals surface area (Å²) in [6, 6.07) is 2.48. The third-order valence-corrected chi connectivity index (χ3v) is 5.78. The van der Waals surface area contributed by atoms with E-state index in [9.17, 15) is 4.39 Å². The average Bonchev–Trinajstić information content (AvgIpc) is 2.69. The minimum absolute atomic E-state index is 0.0678. The van der Waals surface area contributed by atoms with E-state index in [2.05, 4.69) is 34.2 Å². The predicted molar refractivity (Wildman–Crippen MR) is 100 cm³/mol. The molecule has 0 bridgehead atoms. The molecule has 4 aliphatic rings. The van der Waals surface area contributed by atoms with Crippen molar-refractivity contribution in [2.24, 2.45) is 17.8 Å². The van der Waals surface area contributed by atoms with Crippen LogP contribution in [0.15, 0.2) is 59.3 Å². The van der Waals surface area contributed by atoms with E-state index in [1.54, 1.807) is 12.2 Å². The van der Waals surface area contributed by atoms with E-state index in [4.69, 9.17) is 5.26 Å². The van der Waals surface area contributed by atoms with Crippen LogP contribution in [0.2, 0.25) is 0 Å². The van der Waals surface area contributed by atoms with Crippen LogP contribution in [0.25, 0.3) is 0 Å². The fourth-order valence-electron chi connectivity index (χ4n) is 4.28. The van der Waals surface area contributed by atoms with Crippen LogP contribution in [0, 0.1) is 29.1 Å². The van der Waals surface area contributed by atoms with Gasteiger partial charge in [0.05, 0.1) is 5.57 Å². The molecule has 3 atom stereocenters. The van der Waals surface area contributed by atoms with Crippen molar-refractivity contribution in [3.63, 3.8) is 0 Å². The molecule has 4 nitrogen and oxygen atoms in total. The molecule has 0 aromatic rings. The number of halogens is 1. The predicted octanol–water partition coefficient (Wildman–Crippen LogP) is 2.82. The van der Waals surface area contributed by atoms with Gasteiger partial charge in [-0.3, -0.25) is 0 Å². The first-order valence-electron chi connectivity index (χ1n) is 9.53. The fraction of sp³-hybridized carbons (Fsp3) is 0.476. The average molecular weight is 352 g/mol. The molecule has 2 heterocycles. The molecule has 2 aliphatic carbocycles. The molecule has 0 saturated carbocycles. The van der Waals surface area contributed by atoms with E-state index in [-0.39, 0.29) is 11.5 Å². The van der Waals surface area contributed by atoms with Crippen LogP contribution in [-0.4, -0.2) is 25.7 Å². The minimum atomic E-state index is -0.392. The number of nitriles is 1. The molecule has 0 amide bonds. The standard InChI is InChI=1S/C21H25FN4/c22-20-2-1-14(9-17(20)12-23)16-10-15-3-6-25-13-19(15)21(11-16)26-18-4-7-24-8-5-18/h2-3,6,9-11,14-15,18-19,24-26H,1,4-5,7-8,13H2. The van der Waals surface area contributed by atoms with E-state index in [1.165, 1.54) is 11.3 Å². The number of allylic oxidation sites excluding steroid dienone is 8. The molecule has 1 saturated heterocycles. The Bertz CT molecular complexity index is 746. The Labute approximate surface area is 154 Å². The van der Waals surface area contributed by atoms with Gasteiger partial charge < -0.3 is 16.0 Å². The van der Waals surface area contributed by atoms with E-state index >= 15 is 0 Å². The SMILES string of the molecule is N#CC1=CC(C2=CC3C=CNCC3C(NC3CCNCC3)=C2)CC=C1F. The van der Waals surface area contributed by atoms with E-state index in [1.807, 2.05) is 12.3 Å². The highest BCUT2D eigenvalue weighted by molar-refractivity contribution is 5.46. The summed E-state index contributed by atoms with van der Waals surface area (Å²) in [4.78, 5) is 0. The van der Waals surface area contributed by atoms with Crippen molar-refractivity contribution in [1.82, 2.24) is 16.0 Å². The lowest BCUT2D eigenvalue weighted by atomic mass is 9.76. The van der Waals surface area contributed by atoms with Gasteiger partial charge in [0.2, 0.25) is 0 Å². The quantitative estimate of drug-likeness (QED) is 0.731. The van der Waals surface area contributed by atoms with Crippen LogP contribution in [0.1, 0.15) is 19.3 Å². The summed E-state index contributed by atoms with van der Waals surface area (Å²) >= 11 is 0. The molecule has 0 aromatic heterocycles. The van der Waals surface area contributed by atoms with Crippen LogP contribution >= 0.6 is 0 Å². The Kier molecular flexibility index (Phi) is 4.94. The van der Waals surface area contributed by atoms with Gasteiger partial charge in [0.1, 0.15) is 11.9 Å². The number of hydrogen-bond donors (Lipinski definition) is 3. The fourth-order valence-corrected chi connectivity index (χ4v) is 4.28. The first kappa shape index (κ1) is 17.1. The van der Waals surface area contributed by atoms with Crippen molar-refractivity contribution < 1.29 is 4.39 Å². The summed E-state index contributed by atoms with van der Waals surface area (Å²) in [5.74, 6) is 0.430. The largest absolute Gasteiger partial charge is 0.390 e. The molecule has 0 spiro atoms. The summed E-state index contributed by atoms with van der Waals surface area (Å²) < 4.78 is 13.7. The van der Waals surface area contributed by atoms with Gasteiger partial charge in [-0.1, -0.05) is 18.2 Å². The van der Waals surface area contributed by atoms with Crippen LogP contribution in [0.3, 0.4) is 0 Å². The smallest absolute Gasteiger partial charge is 0.136 e. The maximum atomic E-state index is 13.7. The topological polar surface area (TPSA) is 59.9 Å². The molecular weight excluding hydrogens is 327 g/mol. The van der Waals surface area contributed by atoms with Gasteiger partial charge in [-0.15, -0.1) is 0 Å². The van der Waals surface area contributed by atoms with Gasteiger partial charge >= 0.3 is 0 Å². The summed E-state index contributed by atoms with van der Waals surface area (Å²) in [5.41, 5.74) is 2.62. The van der Waals surface area contributed by atoms with Gasteiger partial charge in [-0.25, -0.2) is 4.39 Å². The minimum Gasteiger partial charge on any atom is -0.390 e. The number of nitrogens with zero attached hydrogens (tertiary/aromatic N) is 1. The van der Waals surface area contributed by atoms with Gasteiger partial charge in [0, 0.05) is 36.0 Å². The molecule has 3 N–H and O–H groups in total. The van der Waals surface area contributed by atoms with E-state index < -0.39 is 5.83 Å². The highest BCUT2D eigenvalue weighted by atomic mass is 19.1. The first-order chi connectivity index (χ1) is 12.7. The normalized spacial score (nSPS) is 31.5. The number of rotatable bonds is 3. The second kappa shape index (κ2) is 7.51. The maximum absolute atomic E-state index is 13.7. The summed E-state index contributed by atoms with van der Waals surface area (Å²) in [5, 5.41) is 19.7. The van der Waals surface area contributed by atoms with Gasteiger partial charge in [0.15, 0.2) is 0 Å². The molecule has 1 fully saturated rings. The molecule has 136 valence electrons. The summed E-state index contributed by atoms with van der Waals surface area (Å²) in [6.45, 7) is 3.04. The zero-order valence-electron chi connectivity index (χ0n) is 14.8. The maximum Gasteiger partial charge on any atom is 0.136 e.